The highest BCUT2D eigenvalue weighted by Gasteiger charge is 2.36. The minimum Gasteiger partial charge on any atom is -0.390 e. The normalized spacial score (nSPS) is 14.1. The molecule has 0 radical (unpaired) electrons. The van der Waals surface area contributed by atoms with Gasteiger partial charge in [0.1, 0.15) is 56.5 Å². The van der Waals surface area contributed by atoms with Crippen molar-refractivity contribution < 1.29 is 42.9 Å². The van der Waals surface area contributed by atoms with Gasteiger partial charge in [-0.1, -0.05) is 43.3 Å². The number of hydrogen-bond donors (Lipinski definition) is 14. The summed E-state index contributed by atoms with van der Waals surface area (Å²) >= 11 is 5.43. The predicted octanol–water partition coefficient (Wildman–Crippen LogP) is 0.557. The van der Waals surface area contributed by atoms with Crippen LogP contribution in [0.15, 0.2) is 64.0 Å². The van der Waals surface area contributed by atoms with Gasteiger partial charge in [0, 0.05) is 88.3 Å². The Morgan fingerprint density at radius 2 is 1.39 bits per heavy atom. The number of carbonyl (C=O) groups excluding carboxylic acids is 7. The van der Waals surface area contributed by atoms with Crippen molar-refractivity contribution in [2.24, 2.45) is 28.9 Å². The number of benzene rings is 1. The van der Waals surface area contributed by atoms with Crippen molar-refractivity contribution in [3.63, 3.8) is 0 Å². The Labute approximate surface area is 541 Å². The van der Waals surface area contributed by atoms with Crippen LogP contribution >= 0.6 is 45.3 Å². The molecule has 90 heavy (non-hydrogen) atoms. The van der Waals surface area contributed by atoms with E-state index in [1.807, 2.05) is 10.8 Å². The first kappa shape index (κ1) is 72.0. The third-order valence-corrected chi connectivity index (χ3v) is 18.5. The van der Waals surface area contributed by atoms with E-state index < -0.39 is 88.5 Å². The Bertz CT molecular complexity index is 3310. The van der Waals surface area contributed by atoms with E-state index in [1.165, 1.54) is 65.5 Å². The van der Waals surface area contributed by atoms with E-state index in [0.29, 0.717) is 62.1 Å². The number of nitrogens with two attached hydrogens (primary N) is 5. The third kappa shape index (κ3) is 23.3. The number of thiophene rings is 1. The van der Waals surface area contributed by atoms with Crippen LogP contribution in [0.2, 0.25) is 0 Å². The number of aromatic nitrogens is 5. The fourth-order valence-corrected chi connectivity index (χ4v) is 12.8. The van der Waals surface area contributed by atoms with E-state index in [1.54, 1.807) is 53.2 Å². The van der Waals surface area contributed by atoms with Crippen molar-refractivity contribution in [1.29, 1.82) is 0 Å². The SMILES string of the molecule is Cc1c(N)nc([C@H](CC(N)=O)NC[C@H](N)C(N)=O)nc1C(=O)N[C@@H](Cc1cccs1)C(=O)N[C@H](Cc1ccccc1)[C@@H](O)[C@H](C)C(=O)N[C@@H](CCS(C)=O)C(=O)NCCc1nc(-c2nc(-c3nc(C(=O)NCCCNCCCCNCCCN)cs3)cs2)cs1. The molecular weight excluding hydrogens is 1250 g/mol. The fourth-order valence-electron chi connectivity index (χ4n) is 9.00. The zero-order chi connectivity index (χ0) is 65.1. The van der Waals surface area contributed by atoms with E-state index in [9.17, 15) is 42.9 Å². The summed E-state index contributed by atoms with van der Waals surface area (Å²) < 4.78 is 12.4. The van der Waals surface area contributed by atoms with Gasteiger partial charge >= 0.3 is 0 Å². The third-order valence-electron chi connectivity index (χ3n) is 14.2. The summed E-state index contributed by atoms with van der Waals surface area (Å²) in [6.07, 6.45) is 3.84. The van der Waals surface area contributed by atoms with Gasteiger partial charge in [0.05, 0.1) is 35.2 Å². The van der Waals surface area contributed by atoms with Crippen molar-refractivity contribution >= 4 is 103 Å². The standard InChI is InChI=1S/C58H82N18O9S5/c1-33-47(75-51(76-49(33)62)40(28-45(61)77)68-29-37(60)50(63)79)56(84)72-41(27-36-14-9-24-86-36)55(83)71-39(26-35-12-5-4-6-13-35)48(78)34(2)52(80)70-38(16-25-90(3)85)53(81)67-23-15-46-69-43(31-87-46)57-74-44(32-89-57)58-73-42(30-88-58)54(82)66-22-11-21-65-19-8-7-18-64-20-10-17-59/h4-6,9,12-14,24,30-32,34,37-41,48,64-65,68,78H,7-8,10-11,15-23,25-29,59-60H2,1-3H3,(H2,61,77)(H2,63,79)(H,66,82)(H,67,81)(H,70,80)(H,71,83)(H,72,84)(H2,62,75,76)/t34-,37-,38-,39+,40-,41-,48-,90?/m0/s1. The van der Waals surface area contributed by atoms with E-state index in [4.69, 9.17) is 38.6 Å². The molecule has 6 aromatic rings. The molecule has 19 N–H and O–H groups in total. The number of anilines is 1. The first-order chi connectivity index (χ1) is 43.2. The highest BCUT2D eigenvalue weighted by Crippen LogP contribution is 2.31. The van der Waals surface area contributed by atoms with Crippen LogP contribution in [0, 0.1) is 12.8 Å². The molecule has 0 aliphatic rings. The number of nitrogens with one attached hydrogen (secondary N) is 8. The number of carbonyl (C=O) groups is 7. The summed E-state index contributed by atoms with van der Waals surface area (Å²) in [6, 6.07) is 6.68. The maximum atomic E-state index is 14.6. The Kier molecular flexibility index (Phi) is 29.8. The van der Waals surface area contributed by atoms with Crippen LogP contribution in [0.3, 0.4) is 0 Å². The average molecular weight is 1340 g/mol. The van der Waals surface area contributed by atoms with E-state index in [0.717, 1.165) is 51.9 Å². The molecule has 0 bridgehead atoms. The van der Waals surface area contributed by atoms with Crippen molar-refractivity contribution in [3.05, 3.63) is 102 Å². The minimum absolute atomic E-state index is 0.00890. The van der Waals surface area contributed by atoms with Crippen molar-refractivity contribution in [1.82, 2.24) is 67.5 Å². The van der Waals surface area contributed by atoms with Crippen LogP contribution in [-0.4, -0.2) is 170 Å². The van der Waals surface area contributed by atoms with E-state index in [2.05, 4.69) is 57.5 Å². The predicted molar refractivity (Wildman–Crippen MR) is 352 cm³/mol. The zero-order valence-corrected chi connectivity index (χ0v) is 54.6. The molecule has 6 rings (SSSR count). The van der Waals surface area contributed by atoms with Gasteiger partial charge in [-0.25, -0.2) is 24.9 Å². The quantitative estimate of drug-likeness (QED) is 0.0233. The summed E-state index contributed by atoms with van der Waals surface area (Å²) in [5, 5.41) is 45.2. The molecular formula is C58H82N18O9S5. The minimum atomic E-state index is -1.57. The van der Waals surface area contributed by atoms with E-state index >= 15 is 0 Å². The van der Waals surface area contributed by atoms with Crippen molar-refractivity contribution in [2.45, 2.75) is 108 Å². The number of hydrogen-bond acceptors (Lipinski definition) is 24. The first-order valence-corrected chi connectivity index (χ1v) is 34.7. The second kappa shape index (κ2) is 37.3. The molecule has 0 aliphatic carbocycles. The average Bonchev–Trinajstić information content (AvgIpc) is 1.50. The monoisotopic (exact) mass is 1330 g/mol. The lowest BCUT2D eigenvalue weighted by molar-refractivity contribution is -0.134. The molecule has 0 saturated heterocycles. The molecule has 8 atom stereocenters. The molecule has 5 aromatic heterocycles. The smallest absolute Gasteiger partial charge is 0.271 e. The van der Waals surface area contributed by atoms with Gasteiger partial charge in [0.15, 0.2) is 0 Å². The lowest BCUT2D eigenvalue weighted by atomic mass is 9.91. The Morgan fingerprint density at radius 1 is 0.700 bits per heavy atom. The zero-order valence-electron chi connectivity index (χ0n) is 50.5. The number of nitrogens with zero attached hydrogens (tertiary/aromatic N) is 5. The Morgan fingerprint density at radius 3 is 2.08 bits per heavy atom. The second-order valence-electron chi connectivity index (χ2n) is 21.3. The Hall–Kier alpha value is -7.11. The van der Waals surface area contributed by atoms with Crippen LogP contribution in [0.4, 0.5) is 5.82 Å². The molecule has 0 aliphatic heterocycles. The van der Waals surface area contributed by atoms with Gasteiger partial charge in [0.2, 0.25) is 29.5 Å². The number of aliphatic hydroxyl groups is 1. The molecule has 27 nitrogen and oxygen atoms in total. The molecule has 488 valence electrons. The topological polar surface area (TPSA) is 448 Å². The molecule has 1 aromatic carbocycles. The number of nitrogen functional groups attached to an aromatic ring is 1. The second-order valence-corrected chi connectivity index (χ2v) is 26.5. The highest BCUT2D eigenvalue weighted by molar-refractivity contribution is 7.84. The number of unbranched alkanes of at least 4 members (excludes halogenated alkanes) is 1. The maximum absolute atomic E-state index is 14.6. The summed E-state index contributed by atoms with van der Waals surface area (Å²) in [4.78, 5) is 117. The van der Waals surface area contributed by atoms with Crippen LogP contribution in [-0.2, 0) is 54.0 Å². The van der Waals surface area contributed by atoms with Gasteiger partial charge in [-0.2, -0.15) is 0 Å². The lowest BCUT2D eigenvalue weighted by Crippen LogP contribution is -2.57. The number of amides is 7. The number of aliphatic hydroxyl groups excluding tert-OH is 1. The summed E-state index contributed by atoms with van der Waals surface area (Å²) in [6.45, 7) is 7.75. The number of thiazole rings is 3. The molecule has 0 fully saturated rings. The fraction of sp³-hybridized carbons (Fsp3) is 0.483. The number of primary amides is 2. The van der Waals surface area contributed by atoms with Gasteiger partial charge in [-0.15, -0.1) is 45.3 Å². The first-order valence-electron chi connectivity index (χ1n) is 29.4. The molecule has 5 heterocycles. The molecule has 7 amide bonds. The van der Waals surface area contributed by atoms with Crippen molar-refractivity contribution in [2.75, 3.05) is 70.1 Å². The van der Waals surface area contributed by atoms with Crippen LogP contribution in [0.25, 0.3) is 21.4 Å². The molecule has 0 spiro atoms. The largest absolute Gasteiger partial charge is 0.390 e. The van der Waals surface area contributed by atoms with Crippen LogP contribution in [0.5, 0.6) is 0 Å². The van der Waals surface area contributed by atoms with Crippen LogP contribution in [0.1, 0.15) is 99.3 Å². The van der Waals surface area contributed by atoms with Gasteiger partial charge in [0.25, 0.3) is 11.8 Å². The molecule has 1 unspecified atom stereocenters. The molecule has 0 saturated carbocycles. The Balaban J connectivity index is 1.06. The van der Waals surface area contributed by atoms with Gasteiger partial charge in [-0.05, 0) is 95.2 Å². The number of rotatable bonds is 41. The van der Waals surface area contributed by atoms with Gasteiger partial charge < -0.3 is 76.3 Å². The van der Waals surface area contributed by atoms with E-state index in [-0.39, 0.29) is 73.3 Å². The summed E-state index contributed by atoms with van der Waals surface area (Å²) in [5.74, 6) is -6.09. The maximum Gasteiger partial charge on any atom is 0.271 e. The van der Waals surface area contributed by atoms with Gasteiger partial charge in [-0.3, -0.25) is 37.8 Å². The van der Waals surface area contributed by atoms with Crippen molar-refractivity contribution in [3.8, 4) is 21.4 Å². The lowest BCUT2D eigenvalue weighted by Gasteiger charge is -2.31. The highest BCUT2D eigenvalue weighted by atomic mass is 32.2. The molecule has 32 heteroatoms. The summed E-state index contributed by atoms with van der Waals surface area (Å²) in [7, 11) is -1.34. The van der Waals surface area contributed by atoms with Crippen LogP contribution < -0.4 is 71.2 Å². The summed E-state index contributed by atoms with van der Waals surface area (Å²) in [5.41, 5.74) is 30.6.